The summed E-state index contributed by atoms with van der Waals surface area (Å²) in [6.07, 6.45) is 1.33. The van der Waals surface area contributed by atoms with Crippen molar-refractivity contribution in [2.45, 2.75) is 45.8 Å². The first-order valence-electron chi connectivity index (χ1n) is 4.01. The van der Waals surface area contributed by atoms with Crippen LogP contribution in [0.15, 0.2) is 0 Å². The summed E-state index contributed by atoms with van der Waals surface area (Å²) >= 11 is 0. The van der Waals surface area contributed by atoms with Crippen molar-refractivity contribution in [3.05, 3.63) is 0 Å². The zero-order valence-corrected chi connectivity index (χ0v) is 7.17. The molecule has 0 aliphatic carbocycles. The lowest BCUT2D eigenvalue weighted by atomic mass is 9.98. The van der Waals surface area contributed by atoms with E-state index in [1.807, 2.05) is 6.92 Å². The van der Waals surface area contributed by atoms with Gasteiger partial charge in [-0.1, -0.05) is 20.8 Å². The summed E-state index contributed by atoms with van der Waals surface area (Å²) in [6, 6.07) is 0.148. The van der Waals surface area contributed by atoms with E-state index in [0.717, 1.165) is 12.8 Å². The van der Waals surface area contributed by atoms with E-state index in [1.54, 1.807) is 0 Å². The van der Waals surface area contributed by atoms with Gasteiger partial charge in [-0.05, 0) is 18.8 Å². The van der Waals surface area contributed by atoms with Gasteiger partial charge in [0.05, 0.1) is 6.10 Å². The Morgan fingerprint density at radius 1 is 1.40 bits per heavy atom. The molecule has 2 heteroatoms. The fraction of sp³-hybridized carbons (Fsp3) is 1.00. The van der Waals surface area contributed by atoms with Crippen LogP contribution in [0.5, 0.6) is 0 Å². The molecule has 0 radical (unpaired) electrons. The van der Waals surface area contributed by atoms with E-state index in [2.05, 4.69) is 13.8 Å². The standard InChI is InChI=1S/C8H19NO/c1-4-7(10)5-8(9)6(2)3/h6-8,10H,4-5,9H2,1-3H3. The molecule has 0 saturated carbocycles. The molecule has 0 spiro atoms. The van der Waals surface area contributed by atoms with Gasteiger partial charge in [0.15, 0.2) is 0 Å². The predicted octanol–water partition coefficient (Wildman–Crippen LogP) is 1.13. The molecule has 0 aliphatic heterocycles. The van der Waals surface area contributed by atoms with E-state index in [4.69, 9.17) is 5.73 Å². The van der Waals surface area contributed by atoms with Gasteiger partial charge in [-0.15, -0.1) is 0 Å². The molecule has 0 aromatic heterocycles. The zero-order chi connectivity index (χ0) is 8.15. The molecule has 2 atom stereocenters. The maximum Gasteiger partial charge on any atom is 0.0552 e. The lowest BCUT2D eigenvalue weighted by Crippen LogP contribution is -2.30. The van der Waals surface area contributed by atoms with Crippen LogP contribution >= 0.6 is 0 Å². The molecule has 0 aliphatic rings. The molecule has 0 saturated heterocycles. The van der Waals surface area contributed by atoms with Crippen molar-refractivity contribution in [3.8, 4) is 0 Å². The summed E-state index contributed by atoms with van der Waals surface area (Å²) in [7, 11) is 0. The van der Waals surface area contributed by atoms with Crippen LogP contribution in [-0.4, -0.2) is 17.3 Å². The molecule has 62 valence electrons. The van der Waals surface area contributed by atoms with Gasteiger partial charge < -0.3 is 10.8 Å². The Morgan fingerprint density at radius 2 is 1.90 bits per heavy atom. The fourth-order valence-electron chi connectivity index (χ4n) is 0.753. The van der Waals surface area contributed by atoms with Gasteiger partial charge in [0.2, 0.25) is 0 Å². The maximum atomic E-state index is 9.20. The summed E-state index contributed by atoms with van der Waals surface area (Å²) < 4.78 is 0. The van der Waals surface area contributed by atoms with E-state index in [0.29, 0.717) is 5.92 Å². The predicted molar refractivity (Wildman–Crippen MR) is 43.7 cm³/mol. The maximum absolute atomic E-state index is 9.20. The molecule has 0 fully saturated rings. The summed E-state index contributed by atoms with van der Waals surface area (Å²) in [6.45, 7) is 6.12. The largest absolute Gasteiger partial charge is 0.393 e. The van der Waals surface area contributed by atoms with Crippen LogP contribution in [0.2, 0.25) is 0 Å². The van der Waals surface area contributed by atoms with E-state index >= 15 is 0 Å². The van der Waals surface area contributed by atoms with Gasteiger partial charge in [-0.2, -0.15) is 0 Å². The van der Waals surface area contributed by atoms with Crippen molar-refractivity contribution in [2.24, 2.45) is 11.7 Å². The third kappa shape index (κ3) is 3.85. The van der Waals surface area contributed by atoms with Crippen LogP contribution in [0.1, 0.15) is 33.6 Å². The summed E-state index contributed by atoms with van der Waals surface area (Å²) in [5, 5.41) is 9.20. The molecule has 0 rings (SSSR count). The lowest BCUT2D eigenvalue weighted by molar-refractivity contribution is 0.144. The van der Waals surface area contributed by atoms with Crippen molar-refractivity contribution >= 4 is 0 Å². The number of hydrogen-bond acceptors (Lipinski definition) is 2. The van der Waals surface area contributed by atoms with E-state index < -0.39 is 0 Å². The Morgan fingerprint density at radius 3 is 2.20 bits per heavy atom. The fourth-order valence-corrected chi connectivity index (χ4v) is 0.753. The molecule has 2 unspecified atom stereocenters. The van der Waals surface area contributed by atoms with Crippen LogP contribution in [0, 0.1) is 5.92 Å². The average Bonchev–Trinajstić information content (AvgIpc) is 1.87. The van der Waals surface area contributed by atoms with Gasteiger partial charge >= 0.3 is 0 Å². The average molecular weight is 145 g/mol. The van der Waals surface area contributed by atoms with E-state index in [-0.39, 0.29) is 12.1 Å². The highest BCUT2D eigenvalue weighted by atomic mass is 16.3. The number of aliphatic hydroxyl groups is 1. The molecule has 2 nitrogen and oxygen atoms in total. The summed E-state index contributed by atoms with van der Waals surface area (Å²) in [5.74, 6) is 0.473. The van der Waals surface area contributed by atoms with Crippen LogP contribution in [0.4, 0.5) is 0 Å². The molecular weight excluding hydrogens is 126 g/mol. The molecule has 0 aromatic rings. The first-order chi connectivity index (χ1) is 4.57. The highest BCUT2D eigenvalue weighted by Crippen LogP contribution is 2.07. The van der Waals surface area contributed by atoms with Gasteiger partial charge in [-0.25, -0.2) is 0 Å². The monoisotopic (exact) mass is 145 g/mol. The highest BCUT2D eigenvalue weighted by molar-refractivity contribution is 4.69. The highest BCUT2D eigenvalue weighted by Gasteiger charge is 2.11. The number of hydrogen-bond donors (Lipinski definition) is 2. The van der Waals surface area contributed by atoms with Crippen molar-refractivity contribution < 1.29 is 5.11 Å². The van der Waals surface area contributed by atoms with E-state index in [1.165, 1.54) is 0 Å². The second-order valence-corrected chi connectivity index (χ2v) is 3.21. The Kier molecular flexibility index (Phi) is 4.65. The molecule has 3 N–H and O–H groups in total. The van der Waals surface area contributed by atoms with Crippen molar-refractivity contribution in [1.29, 1.82) is 0 Å². The normalized spacial score (nSPS) is 17.4. The molecule has 10 heavy (non-hydrogen) atoms. The quantitative estimate of drug-likeness (QED) is 0.623. The van der Waals surface area contributed by atoms with Gasteiger partial charge in [0.25, 0.3) is 0 Å². The van der Waals surface area contributed by atoms with Crippen LogP contribution in [0.25, 0.3) is 0 Å². The van der Waals surface area contributed by atoms with Crippen molar-refractivity contribution in [3.63, 3.8) is 0 Å². The van der Waals surface area contributed by atoms with E-state index in [9.17, 15) is 5.11 Å². The molecule has 0 bridgehead atoms. The molecule has 0 heterocycles. The van der Waals surface area contributed by atoms with Gasteiger partial charge in [-0.3, -0.25) is 0 Å². The Hall–Kier alpha value is -0.0800. The first-order valence-corrected chi connectivity index (χ1v) is 4.01. The number of rotatable bonds is 4. The Labute approximate surface area is 63.4 Å². The van der Waals surface area contributed by atoms with Crippen LogP contribution in [0.3, 0.4) is 0 Å². The number of aliphatic hydroxyl groups excluding tert-OH is 1. The van der Waals surface area contributed by atoms with Crippen LogP contribution in [-0.2, 0) is 0 Å². The van der Waals surface area contributed by atoms with Gasteiger partial charge in [0.1, 0.15) is 0 Å². The van der Waals surface area contributed by atoms with Gasteiger partial charge in [0, 0.05) is 6.04 Å². The van der Waals surface area contributed by atoms with Crippen molar-refractivity contribution in [1.82, 2.24) is 0 Å². The third-order valence-electron chi connectivity index (χ3n) is 1.87. The Bertz CT molecular complexity index is 83.3. The smallest absolute Gasteiger partial charge is 0.0552 e. The second-order valence-electron chi connectivity index (χ2n) is 3.21. The second kappa shape index (κ2) is 4.69. The molecule has 0 aromatic carbocycles. The zero-order valence-electron chi connectivity index (χ0n) is 7.17. The molecular formula is C8H19NO. The number of nitrogens with two attached hydrogens (primary N) is 1. The molecule has 0 amide bonds. The first kappa shape index (κ1) is 9.92. The minimum absolute atomic E-state index is 0.148. The lowest BCUT2D eigenvalue weighted by Gasteiger charge is -2.18. The summed E-state index contributed by atoms with van der Waals surface area (Å²) in [5.41, 5.74) is 5.73. The van der Waals surface area contributed by atoms with Crippen LogP contribution < -0.4 is 5.73 Å². The third-order valence-corrected chi connectivity index (χ3v) is 1.87. The topological polar surface area (TPSA) is 46.2 Å². The Balaban J connectivity index is 3.46. The SMILES string of the molecule is CCC(O)CC(N)C(C)C. The summed E-state index contributed by atoms with van der Waals surface area (Å²) in [4.78, 5) is 0. The minimum Gasteiger partial charge on any atom is -0.393 e. The minimum atomic E-state index is -0.211. The van der Waals surface area contributed by atoms with Crippen molar-refractivity contribution in [2.75, 3.05) is 0 Å².